The van der Waals surface area contributed by atoms with Gasteiger partial charge < -0.3 is 30.3 Å². The van der Waals surface area contributed by atoms with Gasteiger partial charge in [-0.25, -0.2) is 4.79 Å². The molecular formula is C22H20N2O8. The lowest BCUT2D eigenvalue weighted by atomic mass is 10.1. The molecule has 4 N–H and O–H groups in total. The number of nitrogens with one attached hydrogen (secondary N) is 2. The number of carbonyl (C=O) groups excluding carboxylic acids is 2. The van der Waals surface area contributed by atoms with Crippen LogP contribution >= 0.6 is 0 Å². The third-order valence-corrected chi connectivity index (χ3v) is 4.49. The van der Waals surface area contributed by atoms with Crippen LogP contribution in [0.3, 0.4) is 0 Å². The highest BCUT2D eigenvalue weighted by atomic mass is 16.7. The SMILES string of the molecule is O=C(O)CC[C@H](NC(=O)/C(=C\c1ccc2c(c1)OCO2)NC(=O)c1ccccc1)C(=O)O. The second-order valence-corrected chi connectivity index (χ2v) is 6.79. The van der Waals surface area contributed by atoms with Crippen LogP contribution in [0.4, 0.5) is 0 Å². The highest BCUT2D eigenvalue weighted by Crippen LogP contribution is 2.33. The highest BCUT2D eigenvalue weighted by Gasteiger charge is 2.24. The monoisotopic (exact) mass is 440 g/mol. The summed E-state index contributed by atoms with van der Waals surface area (Å²) in [5, 5.41) is 22.9. The van der Waals surface area contributed by atoms with Crippen molar-refractivity contribution in [2.24, 2.45) is 0 Å². The number of benzene rings is 2. The number of carboxylic acids is 2. The maximum Gasteiger partial charge on any atom is 0.326 e. The Morgan fingerprint density at radius 3 is 2.41 bits per heavy atom. The number of carbonyl (C=O) groups is 4. The first-order valence-corrected chi connectivity index (χ1v) is 9.56. The zero-order valence-corrected chi connectivity index (χ0v) is 16.7. The Hall–Kier alpha value is -4.34. The number of amides is 2. The Morgan fingerprint density at radius 1 is 1.00 bits per heavy atom. The molecule has 1 aliphatic heterocycles. The van der Waals surface area contributed by atoms with Gasteiger partial charge in [0.2, 0.25) is 6.79 Å². The van der Waals surface area contributed by atoms with Crippen molar-refractivity contribution in [3.63, 3.8) is 0 Å². The fourth-order valence-corrected chi connectivity index (χ4v) is 2.87. The van der Waals surface area contributed by atoms with Gasteiger partial charge >= 0.3 is 11.9 Å². The van der Waals surface area contributed by atoms with E-state index in [4.69, 9.17) is 14.6 Å². The molecule has 1 atom stereocenters. The number of hydrogen-bond donors (Lipinski definition) is 4. The van der Waals surface area contributed by atoms with Crippen molar-refractivity contribution < 1.29 is 38.9 Å². The van der Waals surface area contributed by atoms with Gasteiger partial charge in [-0.1, -0.05) is 24.3 Å². The van der Waals surface area contributed by atoms with E-state index in [0.717, 1.165) is 0 Å². The number of fused-ring (bicyclic) bond motifs is 1. The highest BCUT2D eigenvalue weighted by molar-refractivity contribution is 6.06. The van der Waals surface area contributed by atoms with Crippen molar-refractivity contribution in [3.05, 3.63) is 65.4 Å². The summed E-state index contributed by atoms with van der Waals surface area (Å²) in [5.74, 6) is -3.07. The van der Waals surface area contributed by atoms with Crippen LogP contribution in [0.1, 0.15) is 28.8 Å². The minimum Gasteiger partial charge on any atom is -0.481 e. The molecule has 0 spiro atoms. The van der Waals surface area contributed by atoms with Crippen LogP contribution in [-0.2, 0) is 14.4 Å². The standard InChI is InChI=1S/C22H20N2O8/c25-19(26)9-7-15(22(29)30)23-21(28)16(24-20(27)14-4-2-1-3-5-14)10-13-6-8-17-18(11-13)32-12-31-17/h1-6,8,10-11,15H,7,9,12H2,(H,23,28)(H,24,27)(H,25,26)(H,29,30)/b16-10+/t15-/m0/s1. The fourth-order valence-electron chi connectivity index (χ4n) is 2.87. The third kappa shape index (κ3) is 5.85. The van der Waals surface area contributed by atoms with Gasteiger partial charge in [0.15, 0.2) is 11.5 Å². The first kappa shape index (κ1) is 22.3. The lowest BCUT2D eigenvalue weighted by Crippen LogP contribution is -2.44. The molecule has 10 nitrogen and oxygen atoms in total. The summed E-state index contributed by atoms with van der Waals surface area (Å²) in [6.45, 7) is 0.0600. The Morgan fingerprint density at radius 2 is 1.72 bits per heavy atom. The predicted octanol–water partition coefficient (Wildman–Crippen LogP) is 1.62. The van der Waals surface area contributed by atoms with E-state index >= 15 is 0 Å². The molecule has 10 heteroatoms. The average Bonchev–Trinajstić information content (AvgIpc) is 3.24. The molecule has 1 aliphatic rings. The maximum atomic E-state index is 12.8. The second-order valence-electron chi connectivity index (χ2n) is 6.79. The summed E-state index contributed by atoms with van der Waals surface area (Å²) in [6, 6.07) is 11.6. The molecule has 0 saturated carbocycles. The number of ether oxygens (including phenoxy) is 2. The van der Waals surface area contributed by atoms with Crippen LogP contribution in [0, 0.1) is 0 Å². The Labute approximate surface area is 182 Å². The van der Waals surface area contributed by atoms with Crippen molar-refractivity contribution in [3.8, 4) is 11.5 Å². The van der Waals surface area contributed by atoms with Crippen molar-refractivity contribution in [1.82, 2.24) is 10.6 Å². The third-order valence-electron chi connectivity index (χ3n) is 4.49. The normalized spacial score (nSPS) is 13.2. The summed E-state index contributed by atoms with van der Waals surface area (Å²) >= 11 is 0. The van der Waals surface area contributed by atoms with Gasteiger partial charge in [0, 0.05) is 12.0 Å². The number of hydrogen-bond acceptors (Lipinski definition) is 6. The summed E-state index contributed by atoms with van der Waals surface area (Å²) in [5.41, 5.74) is 0.557. The number of aliphatic carboxylic acids is 2. The lowest BCUT2D eigenvalue weighted by Gasteiger charge is -2.16. The maximum absolute atomic E-state index is 12.8. The first-order valence-electron chi connectivity index (χ1n) is 9.56. The largest absolute Gasteiger partial charge is 0.481 e. The van der Waals surface area contributed by atoms with Crippen LogP contribution in [0.2, 0.25) is 0 Å². The van der Waals surface area contributed by atoms with Gasteiger partial charge in [-0.3, -0.25) is 14.4 Å². The Bertz CT molecular complexity index is 1060. The predicted molar refractivity (Wildman–Crippen MR) is 111 cm³/mol. The molecule has 0 bridgehead atoms. The average molecular weight is 440 g/mol. The van der Waals surface area contributed by atoms with Crippen molar-refractivity contribution >= 4 is 29.8 Å². The molecule has 0 radical (unpaired) electrons. The minimum atomic E-state index is -1.45. The molecule has 1 heterocycles. The van der Waals surface area contributed by atoms with Gasteiger partial charge in [-0.2, -0.15) is 0 Å². The Kier molecular flexibility index (Phi) is 7.06. The van der Waals surface area contributed by atoms with Gasteiger partial charge in [0.05, 0.1) is 0 Å². The molecule has 2 aromatic carbocycles. The summed E-state index contributed by atoms with van der Waals surface area (Å²) in [7, 11) is 0. The molecule has 0 saturated heterocycles. The smallest absolute Gasteiger partial charge is 0.326 e. The Balaban J connectivity index is 1.86. The molecule has 2 aromatic rings. The van der Waals surface area contributed by atoms with Crippen molar-refractivity contribution in [2.45, 2.75) is 18.9 Å². The molecule has 32 heavy (non-hydrogen) atoms. The zero-order chi connectivity index (χ0) is 23.1. The first-order chi connectivity index (χ1) is 15.3. The van der Waals surface area contributed by atoms with Crippen molar-refractivity contribution in [2.75, 3.05) is 6.79 Å². The van der Waals surface area contributed by atoms with Crippen LogP contribution in [-0.4, -0.2) is 46.8 Å². The molecule has 3 rings (SSSR count). The second kappa shape index (κ2) is 10.1. The van der Waals surface area contributed by atoms with Gasteiger partial charge in [0.1, 0.15) is 11.7 Å². The molecule has 0 aliphatic carbocycles. The van der Waals surface area contributed by atoms with E-state index in [1.54, 1.807) is 48.5 Å². The van der Waals surface area contributed by atoms with E-state index in [9.17, 15) is 24.3 Å². The van der Waals surface area contributed by atoms with E-state index in [2.05, 4.69) is 10.6 Å². The summed E-state index contributed by atoms with van der Waals surface area (Å²) in [6.07, 6.45) is 0.587. The van der Waals surface area contributed by atoms with Gasteiger partial charge in [0.25, 0.3) is 11.8 Å². The van der Waals surface area contributed by atoms with E-state index in [1.165, 1.54) is 6.08 Å². The fraction of sp³-hybridized carbons (Fsp3) is 0.182. The van der Waals surface area contributed by atoms with E-state index in [-0.39, 0.29) is 24.5 Å². The summed E-state index contributed by atoms with van der Waals surface area (Å²) in [4.78, 5) is 47.7. The van der Waals surface area contributed by atoms with Crippen LogP contribution in [0.15, 0.2) is 54.2 Å². The van der Waals surface area contributed by atoms with E-state index < -0.39 is 36.2 Å². The van der Waals surface area contributed by atoms with Crippen LogP contribution in [0.5, 0.6) is 11.5 Å². The van der Waals surface area contributed by atoms with E-state index in [1.807, 2.05) is 0 Å². The zero-order valence-electron chi connectivity index (χ0n) is 16.7. The topological polar surface area (TPSA) is 151 Å². The molecular weight excluding hydrogens is 420 g/mol. The van der Waals surface area contributed by atoms with Crippen LogP contribution < -0.4 is 20.1 Å². The van der Waals surface area contributed by atoms with Crippen LogP contribution in [0.25, 0.3) is 6.08 Å². The quantitative estimate of drug-likeness (QED) is 0.430. The van der Waals surface area contributed by atoms with Crippen molar-refractivity contribution in [1.29, 1.82) is 0 Å². The van der Waals surface area contributed by atoms with Gasteiger partial charge in [-0.15, -0.1) is 0 Å². The minimum absolute atomic E-state index is 0.0600. The summed E-state index contributed by atoms with van der Waals surface area (Å²) < 4.78 is 10.6. The molecule has 0 aromatic heterocycles. The molecule has 0 fully saturated rings. The lowest BCUT2D eigenvalue weighted by molar-refractivity contribution is -0.142. The molecule has 166 valence electrons. The number of rotatable bonds is 9. The molecule has 2 amide bonds. The molecule has 0 unspecified atom stereocenters. The van der Waals surface area contributed by atoms with E-state index in [0.29, 0.717) is 17.1 Å². The van der Waals surface area contributed by atoms with Gasteiger partial charge in [-0.05, 0) is 42.3 Å². The number of carboxylic acid groups (broad SMARTS) is 2.